The number of carbonyl (C=O) groups excluding carboxylic acids is 1. The predicted molar refractivity (Wildman–Crippen MR) is 113 cm³/mol. The van der Waals surface area contributed by atoms with Gasteiger partial charge in [-0.1, -0.05) is 16.9 Å². The Bertz CT molecular complexity index is 917. The highest BCUT2D eigenvalue weighted by Gasteiger charge is 2.18. The standard InChI is InChI=1S/C15H19BrFN6O5PS/c1-2-27-12(24)8-19-29(26)18-5-6-30-15-13(22-28-23-15)14(21-25)20-9-3-4-11(17)10(16)7-9/h3-4,7,25,29H,2,5-6,8H2,1H3,(H,20,21)(H2,18,19,26). The van der Waals surface area contributed by atoms with Crippen LogP contribution in [0.1, 0.15) is 12.6 Å². The first-order valence-electron chi connectivity index (χ1n) is 8.51. The number of nitrogens with one attached hydrogen (secondary N) is 3. The number of rotatable bonds is 11. The molecule has 0 aliphatic carbocycles. The fourth-order valence-corrected chi connectivity index (χ4v) is 4.10. The number of anilines is 1. The van der Waals surface area contributed by atoms with E-state index in [0.29, 0.717) is 23.0 Å². The highest BCUT2D eigenvalue weighted by molar-refractivity contribution is 9.10. The van der Waals surface area contributed by atoms with Gasteiger partial charge in [0, 0.05) is 18.0 Å². The number of esters is 1. The molecule has 30 heavy (non-hydrogen) atoms. The Kier molecular flexibility index (Phi) is 10.2. The van der Waals surface area contributed by atoms with E-state index in [9.17, 15) is 19.0 Å². The van der Waals surface area contributed by atoms with E-state index in [-0.39, 0.29) is 29.2 Å². The number of ether oxygens (including phenoxy) is 1. The molecule has 11 nitrogen and oxygen atoms in total. The maximum Gasteiger partial charge on any atom is 0.320 e. The molecule has 1 unspecified atom stereocenters. The average Bonchev–Trinajstić information content (AvgIpc) is 3.19. The molecular weight excluding hydrogens is 506 g/mol. The lowest BCUT2D eigenvalue weighted by molar-refractivity contribution is -0.141. The van der Waals surface area contributed by atoms with E-state index in [1.54, 1.807) is 6.92 Å². The highest BCUT2D eigenvalue weighted by Crippen LogP contribution is 2.23. The maximum atomic E-state index is 13.4. The molecular formula is C15H19BrFN6O5PS. The van der Waals surface area contributed by atoms with Crippen molar-refractivity contribution in [2.75, 3.05) is 30.8 Å². The first kappa shape index (κ1) is 24.3. The van der Waals surface area contributed by atoms with Crippen molar-refractivity contribution < 1.29 is 28.3 Å². The zero-order valence-electron chi connectivity index (χ0n) is 15.6. The lowest BCUT2D eigenvalue weighted by atomic mass is 10.3. The second-order valence-electron chi connectivity index (χ2n) is 5.38. The van der Waals surface area contributed by atoms with Crippen LogP contribution in [-0.2, 0) is 14.1 Å². The summed E-state index contributed by atoms with van der Waals surface area (Å²) in [6.07, 6.45) is 0. The highest BCUT2D eigenvalue weighted by atomic mass is 79.9. The van der Waals surface area contributed by atoms with Crippen LogP contribution < -0.4 is 15.5 Å². The van der Waals surface area contributed by atoms with Gasteiger partial charge in [0.05, 0.1) is 11.1 Å². The van der Waals surface area contributed by atoms with Gasteiger partial charge in [-0.05, 0) is 51.4 Å². The van der Waals surface area contributed by atoms with Crippen molar-refractivity contribution in [2.24, 2.45) is 5.16 Å². The van der Waals surface area contributed by atoms with Crippen molar-refractivity contribution >= 4 is 53.3 Å². The predicted octanol–water partition coefficient (Wildman–Crippen LogP) is 2.44. The minimum atomic E-state index is -2.36. The third kappa shape index (κ3) is 7.69. The minimum Gasteiger partial charge on any atom is -0.465 e. The van der Waals surface area contributed by atoms with Gasteiger partial charge in [-0.25, -0.2) is 14.1 Å². The van der Waals surface area contributed by atoms with Gasteiger partial charge in [0.15, 0.2) is 18.8 Å². The van der Waals surface area contributed by atoms with E-state index in [1.807, 2.05) is 0 Å². The van der Waals surface area contributed by atoms with Gasteiger partial charge in [0.25, 0.3) is 0 Å². The summed E-state index contributed by atoms with van der Waals surface area (Å²) in [5.74, 6) is -0.540. The third-order valence-corrected chi connectivity index (χ3v) is 5.92. The summed E-state index contributed by atoms with van der Waals surface area (Å²) in [5, 5.41) is 28.4. The lowest BCUT2D eigenvalue weighted by Gasteiger charge is -2.08. The fraction of sp³-hybridized carbons (Fsp3) is 0.333. The Hall–Kier alpha value is -1.99. The van der Waals surface area contributed by atoms with Crippen LogP contribution in [0, 0.1) is 5.82 Å². The van der Waals surface area contributed by atoms with Crippen molar-refractivity contribution in [2.45, 2.75) is 11.9 Å². The Morgan fingerprint density at radius 3 is 2.93 bits per heavy atom. The summed E-state index contributed by atoms with van der Waals surface area (Å²) in [5.41, 5.74) is 0.596. The van der Waals surface area contributed by atoms with Crippen molar-refractivity contribution in [1.82, 2.24) is 20.5 Å². The molecule has 0 fully saturated rings. The SMILES string of the molecule is CCOC(=O)CN[PH](=O)NCCSc1nonc1/C(=N/O)Nc1ccc(F)c(Br)c1. The molecule has 2 aromatic rings. The number of hydrogen-bond acceptors (Lipinski definition) is 9. The van der Waals surface area contributed by atoms with E-state index in [0.717, 1.165) is 0 Å². The first-order valence-corrected chi connectivity index (χ1v) is 11.7. The zero-order chi connectivity index (χ0) is 21.9. The van der Waals surface area contributed by atoms with Crippen LogP contribution in [0.25, 0.3) is 0 Å². The monoisotopic (exact) mass is 524 g/mol. The molecule has 0 spiro atoms. The van der Waals surface area contributed by atoms with Crippen LogP contribution in [0.15, 0.2) is 37.5 Å². The molecule has 1 aromatic carbocycles. The van der Waals surface area contributed by atoms with Crippen LogP contribution in [0.5, 0.6) is 0 Å². The fourth-order valence-electron chi connectivity index (χ4n) is 2.00. The van der Waals surface area contributed by atoms with E-state index in [2.05, 4.69) is 46.9 Å². The summed E-state index contributed by atoms with van der Waals surface area (Å²) in [6, 6.07) is 4.16. The molecule has 1 atom stereocenters. The molecule has 4 N–H and O–H groups in total. The molecule has 0 saturated heterocycles. The van der Waals surface area contributed by atoms with Gasteiger partial charge in [-0.2, -0.15) is 0 Å². The second kappa shape index (κ2) is 12.6. The number of hydrogen-bond donors (Lipinski definition) is 4. The molecule has 1 heterocycles. The smallest absolute Gasteiger partial charge is 0.320 e. The van der Waals surface area contributed by atoms with Crippen LogP contribution in [-0.4, -0.2) is 52.8 Å². The molecule has 2 rings (SSSR count). The van der Waals surface area contributed by atoms with E-state index < -0.39 is 19.9 Å². The Balaban J connectivity index is 1.84. The number of halogens is 2. The van der Waals surface area contributed by atoms with Gasteiger partial charge < -0.3 is 15.3 Å². The van der Waals surface area contributed by atoms with Gasteiger partial charge in [0.1, 0.15) is 12.4 Å². The zero-order valence-corrected chi connectivity index (χ0v) is 19.0. The number of benzene rings is 1. The molecule has 0 saturated carbocycles. The van der Waals surface area contributed by atoms with Crippen LogP contribution in [0.2, 0.25) is 0 Å². The minimum absolute atomic E-state index is 0.0464. The quantitative estimate of drug-likeness (QED) is 0.0501. The number of amidine groups is 1. The summed E-state index contributed by atoms with van der Waals surface area (Å²) < 4.78 is 34.8. The van der Waals surface area contributed by atoms with E-state index >= 15 is 0 Å². The molecule has 0 amide bonds. The lowest BCUT2D eigenvalue weighted by Crippen LogP contribution is -2.23. The van der Waals surface area contributed by atoms with Crippen molar-refractivity contribution in [3.8, 4) is 0 Å². The van der Waals surface area contributed by atoms with Gasteiger partial charge >= 0.3 is 5.97 Å². The van der Waals surface area contributed by atoms with Crippen LogP contribution in [0.4, 0.5) is 10.1 Å². The van der Waals surface area contributed by atoms with Crippen molar-refractivity contribution in [3.05, 3.63) is 34.2 Å². The Labute approximate surface area is 184 Å². The normalized spacial score (nSPS) is 12.6. The number of aromatic nitrogens is 2. The largest absolute Gasteiger partial charge is 0.465 e. The molecule has 164 valence electrons. The van der Waals surface area contributed by atoms with Crippen molar-refractivity contribution in [1.29, 1.82) is 0 Å². The Morgan fingerprint density at radius 2 is 2.23 bits per heavy atom. The number of nitrogens with zero attached hydrogens (tertiary/aromatic N) is 3. The topological polar surface area (TPSA) is 151 Å². The number of thioether (sulfide) groups is 1. The van der Waals surface area contributed by atoms with Crippen molar-refractivity contribution in [3.63, 3.8) is 0 Å². The number of carbonyl (C=O) groups is 1. The maximum absolute atomic E-state index is 13.4. The van der Waals surface area contributed by atoms with Gasteiger partial charge in [0.2, 0.25) is 5.84 Å². The van der Waals surface area contributed by atoms with Gasteiger partial charge in [-0.15, -0.1) is 0 Å². The summed E-state index contributed by atoms with van der Waals surface area (Å²) >= 11 is 4.29. The average molecular weight is 525 g/mol. The molecule has 0 aliphatic rings. The molecule has 0 bridgehead atoms. The summed E-state index contributed by atoms with van der Waals surface area (Å²) in [6.45, 7) is 2.12. The molecule has 1 aromatic heterocycles. The number of oxime groups is 1. The Morgan fingerprint density at radius 1 is 1.43 bits per heavy atom. The summed E-state index contributed by atoms with van der Waals surface area (Å²) in [4.78, 5) is 11.2. The molecule has 0 radical (unpaired) electrons. The van der Waals surface area contributed by atoms with E-state index in [4.69, 9.17) is 9.37 Å². The second-order valence-corrected chi connectivity index (χ2v) is 8.69. The summed E-state index contributed by atoms with van der Waals surface area (Å²) in [7, 11) is -2.36. The van der Waals surface area contributed by atoms with Crippen LogP contribution >= 0.6 is 35.8 Å². The van der Waals surface area contributed by atoms with Gasteiger partial charge in [-0.3, -0.25) is 14.4 Å². The molecule has 0 aliphatic heterocycles. The van der Waals surface area contributed by atoms with E-state index in [1.165, 1.54) is 30.0 Å². The third-order valence-electron chi connectivity index (χ3n) is 3.29. The first-order chi connectivity index (χ1) is 14.4. The van der Waals surface area contributed by atoms with Crippen LogP contribution in [0.3, 0.4) is 0 Å². The molecule has 15 heteroatoms.